The number of para-hydroxylation sites is 1. The predicted molar refractivity (Wildman–Crippen MR) is 81.8 cm³/mol. The average Bonchev–Trinajstić information content (AvgIpc) is 2.40. The van der Waals surface area contributed by atoms with E-state index in [1.165, 1.54) is 6.07 Å². The van der Waals surface area contributed by atoms with E-state index in [1.807, 2.05) is 24.3 Å². The lowest BCUT2D eigenvalue weighted by Crippen LogP contribution is -2.07. The number of nitrogens with zero attached hydrogens (tertiary/aromatic N) is 1. The van der Waals surface area contributed by atoms with Crippen molar-refractivity contribution in [2.24, 2.45) is 0 Å². The van der Waals surface area contributed by atoms with Crippen molar-refractivity contribution in [1.29, 1.82) is 0 Å². The summed E-state index contributed by atoms with van der Waals surface area (Å²) in [4.78, 5) is 10.5. The van der Waals surface area contributed by atoms with Crippen molar-refractivity contribution in [3.05, 3.63) is 68.2 Å². The summed E-state index contributed by atoms with van der Waals surface area (Å²) in [5.74, 6) is 0. The molecule has 0 heterocycles. The van der Waals surface area contributed by atoms with Gasteiger partial charge in [-0.05, 0) is 36.2 Å². The number of nitro groups is 1. The third-order valence-corrected chi connectivity index (χ3v) is 3.37. The van der Waals surface area contributed by atoms with E-state index in [9.17, 15) is 10.1 Å². The van der Waals surface area contributed by atoms with Crippen LogP contribution in [0.1, 0.15) is 5.56 Å². The normalized spacial score (nSPS) is 10.3. The number of nitro benzene ring substituents is 1. The lowest BCUT2D eigenvalue weighted by molar-refractivity contribution is -0.383. The van der Waals surface area contributed by atoms with Crippen molar-refractivity contribution in [2.75, 3.05) is 11.9 Å². The summed E-state index contributed by atoms with van der Waals surface area (Å²) in [6.45, 7) is 0.572. The minimum absolute atomic E-state index is 0.0923. The number of hydrogen-bond acceptors (Lipinski definition) is 3. The molecule has 0 aliphatic rings. The summed E-state index contributed by atoms with van der Waals surface area (Å²) in [6.07, 6.45) is 0.737. The summed E-state index contributed by atoms with van der Waals surface area (Å²) < 4.78 is 0. The van der Waals surface area contributed by atoms with Gasteiger partial charge in [0.05, 0.1) is 4.92 Å². The molecule has 0 atom stereocenters. The highest BCUT2D eigenvalue weighted by atomic mass is 35.5. The van der Waals surface area contributed by atoms with Crippen molar-refractivity contribution in [3.8, 4) is 0 Å². The first-order valence-electron chi connectivity index (χ1n) is 5.99. The molecule has 0 spiro atoms. The fraction of sp³-hybridized carbons (Fsp3) is 0.143. The van der Waals surface area contributed by atoms with Crippen LogP contribution in [0.2, 0.25) is 10.0 Å². The van der Waals surface area contributed by atoms with Crippen LogP contribution in [0.15, 0.2) is 42.5 Å². The van der Waals surface area contributed by atoms with Crippen LogP contribution in [0.3, 0.4) is 0 Å². The average molecular weight is 311 g/mol. The van der Waals surface area contributed by atoms with Gasteiger partial charge in [0.1, 0.15) is 10.7 Å². The zero-order chi connectivity index (χ0) is 14.5. The van der Waals surface area contributed by atoms with Gasteiger partial charge < -0.3 is 5.32 Å². The van der Waals surface area contributed by atoms with Crippen LogP contribution in [0, 0.1) is 10.1 Å². The predicted octanol–water partition coefficient (Wildman–Crippen LogP) is 4.56. The highest BCUT2D eigenvalue weighted by molar-refractivity contribution is 6.33. The van der Waals surface area contributed by atoms with Crippen LogP contribution in [-0.4, -0.2) is 11.5 Å². The zero-order valence-corrected chi connectivity index (χ0v) is 12.0. The third kappa shape index (κ3) is 3.62. The Morgan fingerprint density at radius 3 is 2.45 bits per heavy atom. The number of anilines is 1. The molecule has 2 aromatic carbocycles. The van der Waals surface area contributed by atoms with Gasteiger partial charge in [0.2, 0.25) is 0 Å². The molecule has 0 aliphatic carbocycles. The summed E-state index contributed by atoms with van der Waals surface area (Å²) >= 11 is 11.7. The molecule has 0 aromatic heterocycles. The molecule has 0 unspecified atom stereocenters. The van der Waals surface area contributed by atoms with Gasteiger partial charge in [0, 0.05) is 11.6 Å². The molecule has 0 amide bonds. The monoisotopic (exact) mass is 310 g/mol. The van der Waals surface area contributed by atoms with E-state index in [1.54, 1.807) is 12.1 Å². The minimum Gasteiger partial charge on any atom is -0.379 e. The molecule has 0 bridgehead atoms. The lowest BCUT2D eigenvalue weighted by atomic mass is 10.1. The van der Waals surface area contributed by atoms with Gasteiger partial charge in [0.15, 0.2) is 0 Å². The molecule has 104 valence electrons. The maximum atomic E-state index is 11.0. The topological polar surface area (TPSA) is 55.2 Å². The van der Waals surface area contributed by atoms with E-state index < -0.39 is 4.92 Å². The second-order valence-electron chi connectivity index (χ2n) is 4.20. The SMILES string of the molecule is O=[N+]([O-])c1c(Cl)cccc1NCCc1ccc(Cl)cc1. The lowest BCUT2D eigenvalue weighted by Gasteiger charge is -2.08. The second kappa shape index (κ2) is 6.59. The van der Waals surface area contributed by atoms with Crippen molar-refractivity contribution in [1.82, 2.24) is 0 Å². The Morgan fingerprint density at radius 1 is 1.10 bits per heavy atom. The van der Waals surface area contributed by atoms with Crippen molar-refractivity contribution in [2.45, 2.75) is 6.42 Å². The van der Waals surface area contributed by atoms with Crippen molar-refractivity contribution >= 4 is 34.6 Å². The fourth-order valence-corrected chi connectivity index (χ4v) is 2.21. The van der Waals surface area contributed by atoms with Gasteiger partial charge in [-0.3, -0.25) is 10.1 Å². The Morgan fingerprint density at radius 2 is 1.80 bits per heavy atom. The number of benzene rings is 2. The molecule has 2 aromatic rings. The van der Waals surface area contributed by atoms with E-state index in [4.69, 9.17) is 23.2 Å². The van der Waals surface area contributed by atoms with E-state index in [2.05, 4.69) is 5.32 Å². The highest BCUT2D eigenvalue weighted by Crippen LogP contribution is 2.32. The molecule has 0 fully saturated rings. The first kappa shape index (κ1) is 14.6. The Bertz CT molecular complexity index is 615. The molecule has 0 radical (unpaired) electrons. The summed E-state index contributed by atoms with van der Waals surface area (Å²) in [5, 5.41) is 14.8. The molecule has 20 heavy (non-hydrogen) atoms. The van der Waals surface area contributed by atoms with E-state index >= 15 is 0 Å². The number of hydrogen-bond donors (Lipinski definition) is 1. The summed E-state index contributed by atoms with van der Waals surface area (Å²) in [7, 11) is 0. The van der Waals surface area contributed by atoms with Gasteiger partial charge in [-0.15, -0.1) is 0 Å². The molecule has 1 N–H and O–H groups in total. The third-order valence-electron chi connectivity index (χ3n) is 2.81. The molecule has 2 rings (SSSR count). The fourth-order valence-electron chi connectivity index (χ4n) is 1.84. The Hall–Kier alpha value is -1.78. The summed E-state index contributed by atoms with van der Waals surface area (Å²) in [5.41, 5.74) is 1.44. The largest absolute Gasteiger partial charge is 0.379 e. The van der Waals surface area contributed by atoms with Crippen LogP contribution >= 0.6 is 23.2 Å². The first-order valence-corrected chi connectivity index (χ1v) is 6.75. The van der Waals surface area contributed by atoms with Gasteiger partial charge in [-0.25, -0.2) is 0 Å². The standard InChI is InChI=1S/C14H12Cl2N2O2/c15-11-6-4-10(5-7-11)8-9-17-13-3-1-2-12(16)14(13)18(19)20/h1-7,17H,8-9H2. The quantitative estimate of drug-likeness (QED) is 0.650. The van der Waals surface area contributed by atoms with Crippen LogP contribution in [0.5, 0.6) is 0 Å². The van der Waals surface area contributed by atoms with Crippen LogP contribution in [-0.2, 0) is 6.42 Å². The molecule has 0 saturated heterocycles. The Kier molecular flexibility index (Phi) is 4.82. The van der Waals surface area contributed by atoms with E-state index in [0.717, 1.165) is 12.0 Å². The van der Waals surface area contributed by atoms with Crippen molar-refractivity contribution < 1.29 is 4.92 Å². The second-order valence-corrected chi connectivity index (χ2v) is 5.04. The van der Waals surface area contributed by atoms with Gasteiger partial charge in [-0.1, -0.05) is 41.4 Å². The first-order chi connectivity index (χ1) is 9.58. The maximum absolute atomic E-state index is 11.0. The van der Waals surface area contributed by atoms with Crippen molar-refractivity contribution in [3.63, 3.8) is 0 Å². The molecule has 6 heteroatoms. The Balaban J connectivity index is 2.02. The molecule has 4 nitrogen and oxygen atoms in total. The summed E-state index contributed by atoms with van der Waals surface area (Å²) in [6, 6.07) is 12.3. The number of nitrogens with one attached hydrogen (secondary N) is 1. The smallest absolute Gasteiger partial charge is 0.310 e. The maximum Gasteiger partial charge on any atom is 0.310 e. The van der Waals surface area contributed by atoms with Crippen LogP contribution in [0.4, 0.5) is 11.4 Å². The van der Waals surface area contributed by atoms with Crippen LogP contribution < -0.4 is 5.32 Å². The Labute approximate surface area is 126 Å². The minimum atomic E-state index is -0.479. The molecule has 0 aliphatic heterocycles. The van der Waals surface area contributed by atoms with Gasteiger partial charge in [-0.2, -0.15) is 0 Å². The molecular weight excluding hydrogens is 299 g/mol. The van der Waals surface area contributed by atoms with Gasteiger partial charge in [0.25, 0.3) is 0 Å². The highest BCUT2D eigenvalue weighted by Gasteiger charge is 2.17. The zero-order valence-electron chi connectivity index (χ0n) is 10.5. The number of halogens is 2. The van der Waals surface area contributed by atoms with E-state index in [-0.39, 0.29) is 10.7 Å². The molecule has 0 saturated carbocycles. The van der Waals surface area contributed by atoms with Crippen LogP contribution in [0.25, 0.3) is 0 Å². The van der Waals surface area contributed by atoms with E-state index in [0.29, 0.717) is 17.3 Å². The molecular formula is C14H12Cl2N2O2. The van der Waals surface area contributed by atoms with Gasteiger partial charge >= 0.3 is 5.69 Å². The number of rotatable bonds is 5.